The highest BCUT2D eigenvalue weighted by atomic mass is 14.0. The Labute approximate surface area is 89.1 Å². The fourth-order valence-corrected chi connectivity index (χ4v) is 2.11. The van der Waals surface area contributed by atoms with E-state index in [1.54, 1.807) is 0 Å². The molecule has 0 radical (unpaired) electrons. The minimum atomic E-state index is 1.25. The molecule has 0 aromatic rings. The molecule has 0 saturated carbocycles. The van der Waals surface area contributed by atoms with E-state index in [0.717, 1.165) is 0 Å². The summed E-state index contributed by atoms with van der Waals surface area (Å²) in [4.78, 5) is 0. The Kier molecular flexibility index (Phi) is 6.47. The van der Waals surface area contributed by atoms with E-state index in [0.29, 0.717) is 0 Å². The fourth-order valence-electron chi connectivity index (χ4n) is 2.11. The molecule has 0 bridgehead atoms. The summed E-state index contributed by atoms with van der Waals surface area (Å²) in [7, 11) is 0. The van der Waals surface area contributed by atoms with E-state index >= 15 is 0 Å². The normalized spacial score (nSPS) is 25.3. The van der Waals surface area contributed by atoms with Gasteiger partial charge in [-0.15, -0.1) is 0 Å². The van der Waals surface area contributed by atoms with Crippen molar-refractivity contribution in [3.63, 3.8) is 0 Å². The first-order valence-electron chi connectivity index (χ1n) is 6.25. The standard InChI is InChI=1S/C14H24/c1-2-14-12-10-8-6-4-3-5-7-9-11-13-14/h2,12H,1,3-11,13H2/b14-12-. The lowest BCUT2D eigenvalue weighted by Gasteiger charge is -2.06. The quantitative estimate of drug-likeness (QED) is 0.547. The SMILES string of the molecule is C=C/C1=C/CCCCCCCCCC1. The predicted molar refractivity (Wildman–Crippen MR) is 64.5 cm³/mol. The smallest absolute Gasteiger partial charge is 0.0282 e. The Morgan fingerprint density at radius 2 is 1.43 bits per heavy atom. The van der Waals surface area contributed by atoms with E-state index in [1.165, 1.54) is 69.8 Å². The van der Waals surface area contributed by atoms with Gasteiger partial charge in [-0.05, 0) is 25.7 Å². The maximum absolute atomic E-state index is 3.88. The Balaban J connectivity index is 2.33. The molecule has 0 spiro atoms. The minimum absolute atomic E-state index is 1.25. The van der Waals surface area contributed by atoms with Crippen LogP contribution in [0.15, 0.2) is 24.3 Å². The number of hydrogen-bond donors (Lipinski definition) is 0. The van der Waals surface area contributed by atoms with Crippen molar-refractivity contribution in [2.45, 2.75) is 64.2 Å². The van der Waals surface area contributed by atoms with E-state index < -0.39 is 0 Å². The Morgan fingerprint density at radius 1 is 0.857 bits per heavy atom. The molecule has 0 unspecified atom stereocenters. The molecule has 0 fully saturated rings. The van der Waals surface area contributed by atoms with Gasteiger partial charge in [-0.3, -0.25) is 0 Å². The lowest BCUT2D eigenvalue weighted by molar-refractivity contribution is 0.564. The zero-order chi connectivity index (χ0) is 10.1. The minimum Gasteiger partial charge on any atom is -0.0988 e. The van der Waals surface area contributed by atoms with Crippen molar-refractivity contribution in [3.05, 3.63) is 24.3 Å². The Bertz CT molecular complexity index is 176. The molecule has 0 amide bonds. The maximum atomic E-state index is 3.88. The molecule has 0 atom stereocenters. The Hall–Kier alpha value is -0.520. The molecule has 0 aromatic carbocycles. The third kappa shape index (κ3) is 5.26. The molecule has 1 aliphatic carbocycles. The topological polar surface area (TPSA) is 0 Å². The summed E-state index contributed by atoms with van der Waals surface area (Å²) in [6, 6.07) is 0. The van der Waals surface area contributed by atoms with Gasteiger partial charge in [-0.25, -0.2) is 0 Å². The van der Waals surface area contributed by atoms with Gasteiger partial charge in [-0.1, -0.05) is 62.8 Å². The van der Waals surface area contributed by atoms with Gasteiger partial charge in [0.15, 0.2) is 0 Å². The van der Waals surface area contributed by atoms with Gasteiger partial charge in [0.05, 0.1) is 0 Å². The summed E-state index contributed by atoms with van der Waals surface area (Å²) in [5.41, 5.74) is 1.48. The molecule has 80 valence electrons. The van der Waals surface area contributed by atoms with Crippen LogP contribution in [0.3, 0.4) is 0 Å². The first kappa shape index (κ1) is 11.6. The van der Waals surface area contributed by atoms with Crippen molar-refractivity contribution in [2.24, 2.45) is 0 Å². The molecule has 0 nitrogen and oxygen atoms in total. The molecular formula is C14H24. The molecule has 0 aliphatic heterocycles. The molecule has 0 N–H and O–H groups in total. The largest absolute Gasteiger partial charge is 0.0988 e. The number of rotatable bonds is 1. The number of hydrogen-bond acceptors (Lipinski definition) is 0. The second-order valence-electron chi connectivity index (χ2n) is 4.35. The zero-order valence-electron chi connectivity index (χ0n) is 9.43. The molecule has 1 rings (SSSR count). The third-order valence-corrected chi connectivity index (χ3v) is 3.09. The third-order valence-electron chi connectivity index (χ3n) is 3.09. The summed E-state index contributed by atoms with van der Waals surface area (Å²) in [6.07, 6.45) is 18.3. The highest BCUT2D eigenvalue weighted by molar-refractivity contribution is 5.15. The molecule has 0 heterocycles. The zero-order valence-corrected chi connectivity index (χ0v) is 9.43. The van der Waals surface area contributed by atoms with Crippen LogP contribution in [-0.4, -0.2) is 0 Å². The van der Waals surface area contributed by atoms with E-state index in [9.17, 15) is 0 Å². The van der Waals surface area contributed by atoms with Gasteiger partial charge in [0, 0.05) is 0 Å². The molecule has 14 heavy (non-hydrogen) atoms. The van der Waals surface area contributed by atoms with Crippen LogP contribution in [0, 0.1) is 0 Å². The second-order valence-corrected chi connectivity index (χ2v) is 4.35. The van der Waals surface area contributed by atoms with Crippen molar-refractivity contribution in [2.75, 3.05) is 0 Å². The average molecular weight is 192 g/mol. The van der Waals surface area contributed by atoms with Crippen LogP contribution in [0.5, 0.6) is 0 Å². The van der Waals surface area contributed by atoms with Gasteiger partial charge in [-0.2, -0.15) is 0 Å². The van der Waals surface area contributed by atoms with Crippen LogP contribution < -0.4 is 0 Å². The van der Waals surface area contributed by atoms with E-state index in [-0.39, 0.29) is 0 Å². The van der Waals surface area contributed by atoms with Crippen molar-refractivity contribution < 1.29 is 0 Å². The van der Waals surface area contributed by atoms with Gasteiger partial charge < -0.3 is 0 Å². The monoisotopic (exact) mass is 192 g/mol. The van der Waals surface area contributed by atoms with E-state index in [2.05, 4.69) is 12.7 Å². The molecule has 0 saturated heterocycles. The van der Waals surface area contributed by atoms with Crippen LogP contribution in [-0.2, 0) is 0 Å². The van der Waals surface area contributed by atoms with Crippen molar-refractivity contribution >= 4 is 0 Å². The van der Waals surface area contributed by atoms with Gasteiger partial charge in [0.25, 0.3) is 0 Å². The fraction of sp³-hybridized carbons (Fsp3) is 0.714. The summed E-state index contributed by atoms with van der Waals surface area (Å²) in [6.45, 7) is 3.88. The average Bonchev–Trinajstić information content (AvgIpc) is 2.19. The van der Waals surface area contributed by atoms with Crippen molar-refractivity contribution in [1.82, 2.24) is 0 Å². The molecule has 0 heteroatoms. The molecular weight excluding hydrogens is 168 g/mol. The number of allylic oxidation sites excluding steroid dienone is 3. The van der Waals surface area contributed by atoms with E-state index in [4.69, 9.17) is 0 Å². The van der Waals surface area contributed by atoms with Crippen molar-refractivity contribution in [3.8, 4) is 0 Å². The lowest BCUT2D eigenvalue weighted by Crippen LogP contribution is -1.86. The molecule has 0 aromatic heterocycles. The lowest BCUT2D eigenvalue weighted by atomic mass is 10.0. The second kappa shape index (κ2) is 7.84. The van der Waals surface area contributed by atoms with Crippen LogP contribution in [0.25, 0.3) is 0 Å². The van der Waals surface area contributed by atoms with Gasteiger partial charge >= 0.3 is 0 Å². The highest BCUT2D eigenvalue weighted by Crippen LogP contribution is 2.16. The first-order chi connectivity index (χ1) is 6.93. The van der Waals surface area contributed by atoms with Gasteiger partial charge in [0.1, 0.15) is 0 Å². The summed E-state index contributed by atoms with van der Waals surface area (Å²) < 4.78 is 0. The molecule has 1 aliphatic rings. The first-order valence-corrected chi connectivity index (χ1v) is 6.25. The van der Waals surface area contributed by atoms with E-state index in [1.807, 2.05) is 6.08 Å². The van der Waals surface area contributed by atoms with Crippen LogP contribution in [0.4, 0.5) is 0 Å². The predicted octanol–water partition coefficient (Wildman–Crippen LogP) is 5.01. The van der Waals surface area contributed by atoms with Crippen LogP contribution in [0.1, 0.15) is 64.2 Å². The Morgan fingerprint density at radius 3 is 2.07 bits per heavy atom. The maximum Gasteiger partial charge on any atom is -0.0282 e. The summed E-state index contributed by atoms with van der Waals surface area (Å²) in [5.74, 6) is 0. The van der Waals surface area contributed by atoms with Gasteiger partial charge in [0.2, 0.25) is 0 Å². The summed E-state index contributed by atoms with van der Waals surface area (Å²) in [5, 5.41) is 0. The summed E-state index contributed by atoms with van der Waals surface area (Å²) >= 11 is 0. The van der Waals surface area contributed by atoms with Crippen LogP contribution >= 0.6 is 0 Å². The van der Waals surface area contributed by atoms with Crippen molar-refractivity contribution in [1.29, 1.82) is 0 Å². The highest BCUT2D eigenvalue weighted by Gasteiger charge is 1.97. The van der Waals surface area contributed by atoms with Crippen LogP contribution in [0.2, 0.25) is 0 Å².